The largest absolute Gasteiger partial charge is 0.478 e. The van der Waals surface area contributed by atoms with Crippen molar-refractivity contribution in [3.05, 3.63) is 35.6 Å². The van der Waals surface area contributed by atoms with E-state index in [-0.39, 0.29) is 17.9 Å². The van der Waals surface area contributed by atoms with E-state index < -0.39 is 0 Å². The fraction of sp³-hybridized carbons (Fsp3) is 0.417. The lowest BCUT2D eigenvalue weighted by atomic mass is 10.1. The van der Waals surface area contributed by atoms with Gasteiger partial charge in [0, 0.05) is 12.5 Å². The highest BCUT2D eigenvalue weighted by Gasteiger charge is 2.21. The summed E-state index contributed by atoms with van der Waals surface area (Å²) in [6, 6.07) is 6.40. The Morgan fingerprint density at radius 1 is 1.62 bits per heavy atom. The van der Waals surface area contributed by atoms with Crippen LogP contribution >= 0.6 is 0 Å². The van der Waals surface area contributed by atoms with Gasteiger partial charge in [-0.25, -0.2) is 9.38 Å². The summed E-state index contributed by atoms with van der Waals surface area (Å²) < 4.78 is 18.4. The third-order valence-electron chi connectivity index (χ3n) is 2.44. The van der Waals surface area contributed by atoms with E-state index in [1.165, 1.54) is 12.1 Å². The Morgan fingerprint density at radius 2 is 2.44 bits per heavy atom. The lowest BCUT2D eigenvalue weighted by Crippen LogP contribution is -2.19. The third kappa shape index (κ3) is 2.58. The van der Waals surface area contributed by atoms with E-state index in [9.17, 15) is 4.39 Å². The molecule has 2 unspecified atom stereocenters. The number of hydrogen-bond donors (Lipinski definition) is 1. The number of rotatable bonds is 3. The molecule has 0 fully saturated rings. The maximum absolute atomic E-state index is 13.0. The van der Waals surface area contributed by atoms with Crippen molar-refractivity contribution >= 4 is 5.90 Å². The zero-order valence-electron chi connectivity index (χ0n) is 9.19. The minimum absolute atomic E-state index is 0.0324. The Balaban J connectivity index is 2.10. The highest BCUT2D eigenvalue weighted by atomic mass is 19.1. The quantitative estimate of drug-likeness (QED) is 0.850. The van der Waals surface area contributed by atoms with Crippen molar-refractivity contribution < 1.29 is 9.13 Å². The molecule has 2 N–H and O–H groups in total. The van der Waals surface area contributed by atoms with Gasteiger partial charge in [-0.1, -0.05) is 12.1 Å². The number of benzene rings is 1. The van der Waals surface area contributed by atoms with E-state index >= 15 is 0 Å². The van der Waals surface area contributed by atoms with Crippen LogP contribution in [0.15, 0.2) is 29.3 Å². The molecule has 2 atom stereocenters. The molecule has 2 rings (SSSR count). The summed E-state index contributed by atoms with van der Waals surface area (Å²) in [7, 11) is 0. The number of aliphatic imine (C=N–C) groups is 1. The fourth-order valence-corrected chi connectivity index (χ4v) is 1.70. The van der Waals surface area contributed by atoms with Crippen LogP contribution in [0.3, 0.4) is 0 Å². The van der Waals surface area contributed by atoms with Gasteiger partial charge in [-0.05, 0) is 24.6 Å². The molecule has 1 aliphatic rings. The van der Waals surface area contributed by atoms with Crippen molar-refractivity contribution in [1.29, 1.82) is 0 Å². The van der Waals surface area contributed by atoms with E-state index in [1.807, 2.05) is 13.0 Å². The molecule has 1 aliphatic heterocycles. The summed E-state index contributed by atoms with van der Waals surface area (Å²) in [4.78, 5) is 4.39. The molecule has 86 valence electrons. The molecule has 0 radical (unpaired) electrons. The Morgan fingerprint density at radius 3 is 3.12 bits per heavy atom. The first kappa shape index (κ1) is 11.1. The van der Waals surface area contributed by atoms with Crippen LogP contribution in [-0.2, 0) is 4.74 Å². The highest BCUT2D eigenvalue weighted by molar-refractivity contribution is 5.78. The standard InChI is InChI=1S/C12H15FN2O/c1-8(14)5-12-15-11(7-16-12)9-3-2-4-10(13)6-9/h2-4,6,8,11H,5,7,14H2,1H3. The second kappa shape index (κ2) is 4.61. The van der Waals surface area contributed by atoms with Gasteiger partial charge < -0.3 is 10.5 Å². The van der Waals surface area contributed by atoms with Gasteiger partial charge in [-0.15, -0.1) is 0 Å². The van der Waals surface area contributed by atoms with Gasteiger partial charge in [0.05, 0.1) is 0 Å². The minimum Gasteiger partial charge on any atom is -0.478 e. The molecular formula is C12H15FN2O. The lowest BCUT2D eigenvalue weighted by molar-refractivity contribution is 0.309. The molecule has 0 saturated carbocycles. The number of nitrogens with two attached hydrogens (primary N) is 1. The van der Waals surface area contributed by atoms with Crippen LogP contribution in [0.5, 0.6) is 0 Å². The highest BCUT2D eigenvalue weighted by Crippen LogP contribution is 2.24. The van der Waals surface area contributed by atoms with Crippen LogP contribution in [0.1, 0.15) is 24.9 Å². The first-order valence-corrected chi connectivity index (χ1v) is 5.35. The van der Waals surface area contributed by atoms with Crippen molar-refractivity contribution in [1.82, 2.24) is 0 Å². The Labute approximate surface area is 94.1 Å². The fourth-order valence-electron chi connectivity index (χ4n) is 1.70. The number of nitrogens with zero attached hydrogens (tertiary/aromatic N) is 1. The lowest BCUT2D eigenvalue weighted by Gasteiger charge is -2.04. The van der Waals surface area contributed by atoms with E-state index in [2.05, 4.69) is 4.99 Å². The Hall–Kier alpha value is -1.42. The molecule has 0 aromatic heterocycles. The average Bonchev–Trinajstić information content (AvgIpc) is 2.65. The molecule has 0 aliphatic carbocycles. The van der Waals surface area contributed by atoms with Crippen molar-refractivity contribution in [3.8, 4) is 0 Å². The molecule has 16 heavy (non-hydrogen) atoms. The van der Waals surface area contributed by atoms with Gasteiger partial charge in [0.15, 0.2) is 5.90 Å². The predicted octanol–water partition coefficient (Wildman–Crippen LogP) is 2.03. The SMILES string of the molecule is CC(N)CC1=NC(c2cccc(F)c2)CO1. The van der Waals surface area contributed by atoms with Crippen LogP contribution < -0.4 is 5.73 Å². The van der Waals surface area contributed by atoms with Crippen molar-refractivity contribution in [2.24, 2.45) is 10.7 Å². The van der Waals surface area contributed by atoms with Gasteiger partial charge in [-0.2, -0.15) is 0 Å². The van der Waals surface area contributed by atoms with Crippen molar-refractivity contribution in [3.63, 3.8) is 0 Å². The van der Waals surface area contributed by atoms with Gasteiger partial charge in [0.2, 0.25) is 0 Å². The minimum atomic E-state index is -0.242. The molecule has 1 aromatic carbocycles. The normalized spacial score (nSPS) is 21.4. The maximum Gasteiger partial charge on any atom is 0.185 e. The molecule has 0 spiro atoms. The zero-order chi connectivity index (χ0) is 11.5. The van der Waals surface area contributed by atoms with Crippen LogP contribution in [0.2, 0.25) is 0 Å². The topological polar surface area (TPSA) is 47.6 Å². The molecule has 0 amide bonds. The van der Waals surface area contributed by atoms with Crippen LogP contribution in [0, 0.1) is 5.82 Å². The molecule has 1 aromatic rings. The third-order valence-corrected chi connectivity index (χ3v) is 2.44. The van der Waals surface area contributed by atoms with Gasteiger partial charge >= 0.3 is 0 Å². The second-order valence-electron chi connectivity index (χ2n) is 4.09. The van der Waals surface area contributed by atoms with Crippen molar-refractivity contribution in [2.75, 3.05) is 6.61 Å². The Kier molecular flexibility index (Phi) is 3.19. The van der Waals surface area contributed by atoms with Crippen molar-refractivity contribution in [2.45, 2.75) is 25.4 Å². The molecule has 0 saturated heterocycles. The van der Waals surface area contributed by atoms with Crippen LogP contribution in [-0.4, -0.2) is 18.5 Å². The van der Waals surface area contributed by atoms with E-state index in [0.29, 0.717) is 18.9 Å². The van der Waals surface area contributed by atoms with Gasteiger partial charge in [-0.3, -0.25) is 0 Å². The first-order valence-electron chi connectivity index (χ1n) is 5.35. The maximum atomic E-state index is 13.0. The number of hydrogen-bond acceptors (Lipinski definition) is 3. The zero-order valence-corrected chi connectivity index (χ0v) is 9.19. The van der Waals surface area contributed by atoms with Crippen LogP contribution in [0.4, 0.5) is 4.39 Å². The Bertz CT molecular complexity index is 404. The van der Waals surface area contributed by atoms with E-state index in [1.54, 1.807) is 6.07 Å². The predicted molar refractivity (Wildman–Crippen MR) is 60.8 cm³/mol. The first-order chi connectivity index (χ1) is 7.65. The summed E-state index contributed by atoms with van der Waals surface area (Å²) in [5.41, 5.74) is 6.51. The summed E-state index contributed by atoms with van der Waals surface area (Å²) >= 11 is 0. The number of ether oxygens (including phenoxy) is 1. The second-order valence-corrected chi connectivity index (χ2v) is 4.09. The summed E-state index contributed by atoms with van der Waals surface area (Å²) in [6.07, 6.45) is 0.631. The van der Waals surface area contributed by atoms with Crippen LogP contribution in [0.25, 0.3) is 0 Å². The molecular weight excluding hydrogens is 207 g/mol. The average molecular weight is 222 g/mol. The van der Waals surface area contributed by atoms with E-state index in [0.717, 1.165) is 5.56 Å². The van der Waals surface area contributed by atoms with E-state index in [4.69, 9.17) is 10.5 Å². The monoisotopic (exact) mass is 222 g/mol. The van der Waals surface area contributed by atoms with Gasteiger partial charge in [0.25, 0.3) is 0 Å². The molecule has 0 bridgehead atoms. The summed E-state index contributed by atoms with van der Waals surface area (Å²) in [6.45, 7) is 2.38. The summed E-state index contributed by atoms with van der Waals surface area (Å²) in [5, 5.41) is 0. The molecule has 4 heteroatoms. The number of halogens is 1. The molecule has 1 heterocycles. The summed E-state index contributed by atoms with van der Waals surface area (Å²) in [5.74, 6) is 0.428. The smallest absolute Gasteiger partial charge is 0.185 e. The molecule has 3 nitrogen and oxygen atoms in total. The van der Waals surface area contributed by atoms with Gasteiger partial charge in [0.1, 0.15) is 18.5 Å².